The number of nitrogens with zero attached hydrogens (tertiary/aromatic N) is 4. The molecule has 0 saturated carbocycles. The number of carbonyl (C=O) groups is 2. The van der Waals surface area contributed by atoms with Gasteiger partial charge in [-0.1, -0.05) is 54.2 Å². The number of nitrogens with one attached hydrogen (secondary N) is 2. The largest absolute Gasteiger partial charge is 0.484 e. The number of anilines is 2. The van der Waals surface area contributed by atoms with Gasteiger partial charge in [-0.25, -0.2) is 9.07 Å². The van der Waals surface area contributed by atoms with Gasteiger partial charge < -0.3 is 20.3 Å². The summed E-state index contributed by atoms with van der Waals surface area (Å²) in [6, 6.07) is 21.0. The van der Waals surface area contributed by atoms with Crippen LogP contribution in [0.3, 0.4) is 0 Å². The summed E-state index contributed by atoms with van der Waals surface area (Å²) in [6.45, 7) is 5.34. The lowest BCUT2D eigenvalue weighted by molar-refractivity contribution is -0.134. The maximum atomic E-state index is 14.3. The minimum Gasteiger partial charge on any atom is -0.484 e. The van der Waals surface area contributed by atoms with Gasteiger partial charge in [0.05, 0.1) is 5.57 Å². The Labute approximate surface area is 265 Å². The van der Waals surface area contributed by atoms with Crippen LogP contribution in [0.4, 0.5) is 16.0 Å². The van der Waals surface area contributed by atoms with E-state index < -0.39 is 6.04 Å². The molecule has 6 rings (SSSR count). The minimum absolute atomic E-state index is 0.0153. The molecule has 2 aliphatic heterocycles. The number of amides is 2. The SMILES string of the molecule is CC1=C(C(=O)Nc2cccc(C)c2)C(c2ccc(OCC(=O)N3CCCCC3)cc2)n2nc(SCc3ccccc3F)nc2N1. The number of aryl methyl sites for hydroxylation is 1. The smallest absolute Gasteiger partial charge is 0.260 e. The maximum absolute atomic E-state index is 14.3. The van der Waals surface area contributed by atoms with Crippen LogP contribution in [0.15, 0.2) is 89.2 Å². The van der Waals surface area contributed by atoms with Gasteiger partial charge in [0.15, 0.2) is 6.61 Å². The van der Waals surface area contributed by atoms with Crippen LogP contribution in [-0.4, -0.2) is 51.2 Å². The molecule has 0 bridgehead atoms. The molecule has 2 aliphatic rings. The summed E-state index contributed by atoms with van der Waals surface area (Å²) in [5.74, 6) is 0.828. The lowest BCUT2D eigenvalue weighted by atomic mass is 9.95. The van der Waals surface area contributed by atoms with E-state index in [-0.39, 0.29) is 24.2 Å². The molecule has 0 aliphatic carbocycles. The highest BCUT2D eigenvalue weighted by Gasteiger charge is 2.34. The van der Waals surface area contributed by atoms with Gasteiger partial charge in [-0.05, 0) is 80.1 Å². The van der Waals surface area contributed by atoms with Gasteiger partial charge in [0, 0.05) is 30.2 Å². The predicted molar refractivity (Wildman–Crippen MR) is 173 cm³/mol. The van der Waals surface area contributed by atoms with Crippen LogP contribution < -0.4 is 15.4 Å². The van der Waals surface area contributed by atoms with Gasteiger partial charge in [-0.15, -0.1) is 5.10 Å². The number of aromatic nitrogens is 3. The van der Waals surface area contributed by atoms with Crippen molar-refractivity contribution in [1.29, 1.82) is 0 Å². The minimum atomic E-state index is -0.606. The Morgan fingerprint density at radius 3 is 2.56 bits per heavy atom. The number of hydrogen-bond acceptors (Lipinski definition) is 7. The summed E-state index contributed by atoms with van der Waals surface area (Å²) < 4.78 is 21.8. The Morgan fingerprint density at radius 2 is 1.80 bits per heavy atom. The van der Waals surface area contributed by atoms with E-state index in [4.69, 9.17) is 9.84 Å². The van der Waals surface area contributed by atoms with Crippen LogP contribution in [0.2, 0.25) is 0 Å². The number of fused-ring (bicyclic) bond motifs is 1. The van der Waals surface area contributed by atoms with E-state index in [0.29, 0.717) is 45.1 Å². The number of benzene rings is 3. The number of hydrogen-bond donors (Lipinski definition) is 2. The van der Waals surface area contributed by atoms with Gasteiger partial charge in [-0.3, -0.25) is 9.59 Å². The molecule has 45 heavy (non-hydrogen) atoms. The molecule has 3 heterocycles. The molecular weight excluding hydrogens is 591 g/mol. The average molecular weight is 627 g/mol. The Kier molecular flexibility index (Phi) is 9.16. The van der Waals surface area contributed by atoms with Gasteiger partial charge in [0.25, 0.3) is 11.8 Å². The fourth-order valence-electron chi connectivity index (χ4n) is 5.60. The predicted octanol–water partition coefficient (Wildman–Crippen LogP) is 6.34. The summed E-state index contributed by atoms with van der Waals surface area (Å²) in [5.41, 5.74) is 4.18. The molecule has 4 aromatic rings. The van der Waals surface area contributed by atoms with E-state index >= 15 is 0 Å². The molecule has 2 amide bonds. The number of carbonyl (C=O) groups excluding carboxylic acids is 2. The molecule has 9 nitrogen and oxygen atoms in total. The van der Waals surface area contributed by atoms with E-state index in [9.17, 15) is 14.0 Å². The van der Waals surface area contributed by atoms with Crippen LogP contribution in [0.5, 0.6) is 5.75 Å². The van der Waals surface area contributed by atoms with Crippen molar-refractivity contribution >= 4 is 35.2 Å². The molecule has 3 aromatic carbocycles. The zero-order valence-corrected chi connectivity index (χ0v) is 26.1. The van der Waals surface area contributed by atoms with E-state index in [1.54, 1.807) is 35.0 Å². The monoisotopic (exact) mass is 626 g/mol. The van der Waals surface area contributed by atoms with E-state index in [2.05, 4.69) is 15.6 Å². The molecule has 1 aromatic heterocycles. The molecule has 232 valence electrons. The van der Waals surface area contributed by atoms with Gasteiger partial charge >= 0.3 is 0 Å². The second-order valence-electron chi connectivity index (χ2n) is 11.2. The van der Waals surface area contributed by atoms with Crippen LogP contribution in [-0.2, 0) is 15.3 Å². The molecule has 1 atom stereocenters. The molecule has 2 N–H and O–H groups in total. The highest BCUT2D eigenvalue weighted by molar-refractivity contribution is 7.98. The summed E-state index contributed by atoms with van der Waals surface area (Å²) in [7, 11) is 0. The molecule has 0 spiro atoms. The Hall–Kier alpha value is -4.64. The number of allylic oxidation sites excluding steroid dienone is 1. The number of ether oxygens (including phenoxy) is 1. The van der Waals surface area contributed by atoms with Crippen molar-refractivity contribution in [3.05, 3.63) is 107 Å². The normalized spacial score (nSPS) is 16.2. The van der Waals surface area contributed by atoms with E-state index in [1.807, 2.05) is 55.1 Å². The first-order valence-electron chi connectivity index (χ1n) is 15.0. The zero-order chi connectivity index (χ0) is 31.3. The fourth-order valence-corrected chi connectivity index (χ4v) is 6.42. The quantitative estimate of drug-likeness (QED) is 0.209. The second-order valence-corrected chi connectivity index (χ2v) is 12.2. The average Bonchev–Trinajstić information content (AvgIpc) is 3.45. The van der Waals surface area contributed by atoms with Gasteiger partial charge in [0.1, 0.15) is 17.6 Å². The third kappa shape index (κ3) is 7.04. The first-order valence-corrected chi connectivity index (χ1v) is 16.0. The number of piperidine rings is 1. The number of rotatable bonds is 9. The van der Waals surface area contributed by atoms with Crippen LogP contribution >= 0.6 is 11.8 Å². The zero-order valence-electron chi connectivity index (χ0n) is 25.3. The number of thioether (sulfide) groups is 1. The van der Waals surface area contributed by atoms with Crippen molar-refractivity contribution in [3.8, 4) is 5.75 Å². The Balaban J connectivity index is 1.26. The molecule has 1 unspecified atom stereocenters. The fraction of sp³-hybridized carbons (Fsp3) is 0.294. The highest BCUT2D eigenvalue weighted by atomic mass is 32.2. The topological polar surface area (TPSA) is 101 Å². The van der Waals surface area contributed by atoms with Crippen molar-refractivity contribution in [1.82, 2.24) is 19.7 Å². The third-order valence-electron chi connectivity index (χ3n) is 7.94. The summed E-state index contributed by atoms with van der Waals surface area (Å²) in [6.07, 6.45) is 3.20. The van der Waals surface area contributed by atoms with Crippen molar-refractivity contribution in [3.63, 3.8) is 0 Å². The van der Waals surface area contributed by atoms with E-state index in [1.165, 1.54) is 17.8 Å². The number of halogens is 1. The van der Waals surface area contributed by atoms with Crippen molar-refractivity contribution in [2.75, 3.05) is 30.3 Å². The summed E-state index contributed by atoms with van der Waals surface area (Å²) in [5, 5.41) is 11.5. The van der Waals surface area contributed by atoms with Crippen molar-refractivity contribution < 1.29 is 18.7 Å². The van der Waals surface area contributed by atoms with Crippen molar-refractivity contribution in [2.24, 2.45) is 0 Å². The summed E-state index contributed by atoms with van der Waals surface area (Å²) >= 11 is 1.32. The Bertz CT molecular complexity index is 1730. The molecule has 1 fully saturated rings. The van der Waals surface area contributed by atoms with Crippen LogP contribution in [0.1, 0.15) is 48.9 Å². The lowest BCUT2D eigenvalue weighted by Gasteiger charge is -2.29. The standard InChI is InChI=1S/C34H35FN6O3S/c1-22-9-8-11-26(19-22)37-32(43)30-23(2)36-33-38-34(45-21-25-10-4-5-12-28(25)35)39-41(33)31(30)24-13-15-27(16-14-24)44-20-29(42)40-17-6-3-7-18-40/h4-5,8-16,19,31H,3,6-7,17-18,20-21H2,1-2H3,(H,37,43)(H,36,38,39). The second kappa shape index (κ2) is 13.6. The first-order chi connectivity index (χ1) is 21.9. The molecular formula is C34H35FN6O3S. The highest BCUT2D eigenvalue weighted by Crippen LogP contribution is 2.37. The maximum Gasteiger partial charge on any atom is 0.260 e. The third-order valence-corrected chi connectivity index (χ3v) is 8.82. The molecule has 1 saturated heterocycles. The van der Waals surface area contributed by atoms with Crippen molar-refractivity contribution in [2.45, 2.75) is 50.1 Å². The van der Waals surface area contributed by atoms with Crippen LogP contribution in [0, 0.1) is 12.7 Å². The van der Waals surface area contributed by atoms with Gasteiger partial charge in [0.2, 0.25) is 11.1 Å². The summed E-state index contributed by atoms with van der Waals surface area (Å²) in [4.78, 5) is 33.0. The number of likely N-dealkylation sites (tertiary alicyclic amines) is 1. The first kappa shape index (κ1) is 30.4. The van der Waals surface area contributed by atoms with Gasteiger partial charge in [-0.2, -0.15) is 4.98 Å². The van der Waals surface area contributed by atoms with E-state index in [0.717, 1.165) is 43.5 Å². The Morgan fingerprint density at radius 1 is 1.02 bits per heavy atom. The lowest BCUT2D eigenvalue weighted by Crippen LogP contribution is -2.38. The molecule has 0 radical (unpaired) electrons. The molecule has 11 heteroatoms. The van der Waals surface area contributed by atoms with Crippen LogP contribution in [0.25, 0.3) is 0 Å².